The number of hydrogen-bond acceptors (Lipinski definition) is 4. The molecule has 3 N–H and O–H groups in total. The summed E-state index contributed by atoms with van der Waals surface area (Å²) in [7, 11) is 0. The molecule has 0 aliphatic heterocycles. The summed E-state index contributed by atoms with van der Waals surface area (Å²) in [6.45, 7) is 4.68. The molecular weight excluding hydrogens is 222 g/mol. The van der Waals surface area contributed by atoms with Crippen molar-refractivity contribution in [1.82, 2.24) is 10.3 Å². The van der Waals surface area contributed by atoms with Gasteiger partial charge in [0.25, 0.3) is 5.91 Å². The van der Waals surface area contributed by atoms with E-state index in [0.717, 1.165) is 24.3 Å². The number of aromatic nitrogens is 1. The average molecular weight is 241 g/mol. The number of nitrogens with two attached hydrogens (primary N) is 1. The summed E-state index contributed by atoms with van der Waals surface area (Å²) in [6.07, 6.45) is 2.80. The Morgan fingerprint density at radius 2 is 2.44 bits per heavy atom. The number of carbonyl (C=O) groups excluding carboxylic acids is 1. The van der Waals surface area contributed by atoms with Crippen molar-refractivity contribution in [2.45, 2.75) is 39.2 Å². The Kier molecular flexibility index (Phi) is 5.42. The quantitative estimate of drug-likeness (QED) is 0.794. The first-order chi connectivity index (χ1) is 7.67. The van der Waals surface area contributed by atoms with Gasteiger partial charge in [0.1, 0.15) is 5.69 Å². The average Bonchev–Trinajstić information content (AvgIpc) is 2.67. The molecule has 1 amide bonds. The lowest BCUT2D eigenvalue weighted by Crippen LogP contribution is -2.32. The first-order valence-corrected chi connectivity index (χ1v) is 6.50. The summed E-state index contributed by atoms with van der Waals surface area (Å²) < 4.78 is 0. The minimum absolute atomic E-state index is 0.0829. The molecule has 5 heteroatoms. The van der Waals surface area contributed by atoms with Gasteiger partial charge < -0.3 is 11.1 Å². The van der Waals surface area contributed by atoms with E-state index in [1.807, 2.05) is 6.92 Å². The van der Waals surface area contributed by atoms with Crippen molar-refractivity contribution in [3.8, 4) is 0 Å². The maximum absolute atomic E-state index is 11.7. The Morgan fingerprint density at radius 3 is 3.06 bits per heavy atom. The minimum Gasteiger partial charge on any atom is -0.348 e. The number of hydrogen-bond donors (Lipinski definition) is 2. The second-order valence-electron chi connectivity index (χ2n) is 3.83. The van der Waals surface area contributed by atoms with Crippen LogP contribution >= 0.6 is 11.3 Å². The number of rotatable bonds is 6. The standard InChI is InChI=1S/C11H19N3OS/c1-3-4-8(2)13-11(15)9-7-16-10(14-9)5-6-12/h7-8H,3-6,12H2,1-2H3,(H,13,15). The predicted octanol–water partition coefficient (Wildman–Crippen LogP) is 1.56. The van der Waals surface area contributed by atoms with Gasteiger partial charge in [-0.15, -0.1) is 11.3 Å². The van der Waals surface area contributed by atoms with E-state index in [0.29, 0.717) is 12.2 Å². The fourth-order valence-electron chi connectivity index (χ4n) is 1.46. The van der Waals surface area contributed by atoms with Crippen LogP contribution in [0.4, 0.5) is 0 Å². The van der Waals surface area contributed by atoms with Crippen LogP contribution in [0.2, 0.25) is 0 Å². The number of nitrogens with zero attached hydrogens (tertiary/aromatic N) is 1. The van der Waals surface area contributed by atoms with Gasteiger partial charge >= 0.3 is 0 Å². The van der Waals surface area contributed by atoms with Crippen LogP contribution in [-0.4, -0.2) is 23.5 Å². The summed E-state index contributed by atoms with van der Waals surface area (Å²) in [5, 5.41) is 5.64. The van der Waals surface area contributed by atoms with Crippen molar-refractivity contribution in [3.05, 3.63) is 16.1 Å². The van der Waals surface area contributed by atoms with Crippen LogP contribution in [0.5, 0.6) is 0 Å². The molecule has 16 heavy (non-hydrogen) atoms. The normalized spacial score (nSPS) is 12.4. The fourth-order valence-corrected chi connectivity index (χ4v) is 2.25. The van der Waals surface area contributed by atoms with Gasteiger partial charge in [0.2, 0.25) is 0 Å². The van der Waals surface area contributed by atoms with E-state index in [1.54, 1.807) is 5.38 Å². The third kappa shape index (κ3) is 3.90. The van der Waals surface area contributed by atoms with Gasteiger partial charge in [0, 0.05) is 17.8 Å². The molecule has 1 unspecified atom stereocenters. The number of nitrogens with one attached hydrogen (secondary N) is 1. The van der Waals surface area contributed by atoms with Crippen LogP contribution in [0.3, 0.4) is 0 Å². The monoisotopic (exact) mass is 241 g/mol. The first-order valence-electron chi connectivity index (χ1n) is 5.62. The van der Waals surface area contributed by atoms with Crippen LogP contribution in [0, 0.1) is 0 Å². The number of thiazole rings is 1. The highest BCUT2D eigenvalue weighted by Crippen LogP contribution is 2.10. The second-order valence-corrected chi connectivity index (χ2v) is 4.77. The van der Waals surface area contributed by atoms with Crippen molar-refractivity contribution >= 4 is 17.2 Å². The van der Waals surface area contributed by atoms with E-state index in [-0.39, 0.29) is 11.9 Å². The SMILES string of the molecule is CCCC(C)NC(=O)c1csc(CCN)n1. The molecule has 0 aliphatic carbocycles. The molecule has 4 nitrogen and oxygen atoms in total. The molecule has 1 aromatic heterocycles. The highest BCUT2D eigenvalue weighted by atomic mass is 32.1. The van der Waals surface area contributed by atoms with Crippen molar-refractivity contribution in [3.63, 3.8) is 0 Å². The zero-order valence-electron chi connectivity index (χ0n) is 9.82. The van der Waals surface area contributed by atoms with E-state index in [9.17, 15) is 4.79 Å². The van der Waals surface area contributed by atoms with E-state index in [2.05, 4.69) is 17.2 Å². The fraction of sp³-hybridized carbons (Fsp3) is 0.636. The van der Waals surface area contributed by atoms with Crippen LogP contribution in [0.1, 0.15) is 42.2 Å². The van der Waals surface area contributed by atoms with Gasteiger partial charge in [-0.2, -0.15) is 0 Å². The molecule has 1 rings (SSSR count). The van der Waals surface area contributed by atoms with Gasteiger partial charge in [-0.3, -0.25) is 4.79 Å². The van der Waals surface area contributed by atoms with Crippen LogP contribution in [0.25, 0.3) is 0 Å². The van der Waals surface area contributed by atoms with Crippen LogP contribution in [-0.2, 0) is 6.42 Å². The van der Waals surface area contributed by atoms with Gasteiger partial charge in [-0.05, 0) is 19.9 Å². The third-order valence-electron chi connectivity index (χ3n) is 2.24. The molecule has 0 aliphatic rings. The topological polar surface area (TPSA) is 68.0 Å². The Bertz CT molecular complexity index is 338. The van der Waals surface area contributed by atoms with E-state index < -0.39 is 0 Å². The lowest BCUT2D eigenvalue weighted by Gasteiger charge is -2.10. The third-order valence-corrected chi connectivity index (χ3v) is 3.15. The zero-order valence-corrected chi connectivity index (χ0v) is 10.6. The van der Waals surface area contributed by atoms with Gasteiger partial charge in [-0.1, -0.05) is 13.3 Å². The lowest BCUT2D eigenvalue weighted by molar-refractivity contribution is 0.0934. The molecule has 0 spiro atoms. The molecule has 90 valence electrons. The second kappa shape index (κ2) is 6.60. The summed E-state index contributed by atoms with van der Waals surface area (Å²) >= 11 is 1.49. The molecule has 0 saturated heterocycles. The summed E-state index contributed by atoms with van der Waals surface area (Å²) in [5.41, 5.74) is 5.94. The maximum atomic E-state index is 11.7. The maximum Gasteiger partial charge on any atom is 0.270 e. The summed E-state index contributed by atoms with van der Waals surface area (Å²) in [5.74, 6) is -0.0829. The number of amides is 1. The first kappa shape index (κ1) is 13.1. The molecule has 0 saturated carbocycles. The molecule has 1 aromatic rings. The Labute approximate surface area is 100 Å². The molecular formula is C11H19N3OS. The van der Waals surface area contributed by atoms with Crippen molar-refractivity contribution < 1.29 is 4.79 Å². The zero-order chi connectivity index (χ0) is 12.0. The van der Waals surface area contributed by atoms with Crippen LogP contribution < -0.4 is 11.1 Å². The summed E-state index contributed by atoms with van der Waals surface area (Å²) in [6, 6.07) is 0.206. The lowest BCUT2D eigenvalue weighted by atomic mass is 10.2. The van der Waals surface area contributed by atoms with E-state index in [1.165, 1.54) is 11.3 Å². The van der Waals surface area contributed by atoms with Crippen molar-refractivity contribution in [2.24, 2.45) is 5.73 Å². The Balaban J connectivity index is 2.52. The van der Waals surface area contributed by atoms with Gasteiger partial charge in [-0.25, -0.2) is 4.98 Å². The van der Waals surface area contributed by atoms with E-state index in [4.69, 9.17) is 5.73 Å². The molecule has 0 fully saturated rings. The minimum atomic E-state index is -0.0829. The predicted molar refractivity (Wildman–Crippen MR) is 66.7 cm³/mol. The molecule has 1 heterocycles. The smallest absolute Gasteiger partial charge is 0.270 e. The number of carbonyl (C=O) groups is 1. The van der Waals surface area contributed by atoms with E-state index >= 15 is 0 Å². The Hall–Kier alpha value is -0.940. The summed E-state index contributed by atoms with van der Waals surface area (Å²) in [4.78, 5) is 16.0. The molecule has 0 radical (unpaired) electrons. The van der Waals surface area contributed by atoms with Gasteiger partial charge in [0.05, 0.1) is 5.01 Å². The highest BCUT2D eigenvalue weighted by Gasteiger charge is 2.12. The molecule has 0 bridgehead atoms. The van der Waals surface area contributed by atoms with Crippen molar-refractivity contribution in [1.29, 1.82) is 0 Å². The van der Waals surface area contributed by atoms with Crippen LogP contribution in [0.15, 0.2) is 5.38 Å². The molecule has 0 aromatic carbocycles. The largest absolute Gasteiger partial charge is 0.348 e. The van der Waals surface area contributed by atoms with Crippen molar-refractivity contribution in [2.75, 3.05) is 6.54 Å². The molecule has 1 atom stereocenters. The van der Waals surface area contributed by atoms with Gasteiger partial charge in [0.15, 0.2) is 0 Å². The highest BCUT2D eigenvalue weighted by molar-refractivity contribution is 7.09. The Morgan fingerprint density at radius 1 is 1.69 bits per heavy atom.